The lowest BCUT2D eigenvalue weighted by Gasteiger charge is -2.07. The molecule has 2 aromatic heterocycles. The van der Waals surface area contributed by atoms with Crippen molar-refractivity contribution in [3.63, 3.8) is 0 Å². The molecule has 0 saturated heterocycles. The SMILES string of the molecule is Cc1c(C2=N[C@@H](C)CO2)sc2[nH]c(=O)n(CC(C)C)c(=O)c12. The van der Waals surface area contributed by atoms with E-state index in [1.54, 1.807) is 0 Å². The Morgan fingerprint density at radius 3 is 2.77 bits per heavy atom. The van der Waals surface area contributed by atoms with Crippen molar-refractivity contribution in [1.29, 1.82) is 0 Å². The summed E-state index contributed by atoms with van der Waals surface area (Å²) in [6.07, 6.45) is 0. The van der Waals surface area contributed by atoms with E-state index >= 15 is 0 Å². The van der Waals surface area contributed by atoms with Gasteiger partial charge in [0.1, 0.15) is 11.4 Å². The molecule has 0 spiro atoms. The molecule has 118 valence electrons. The Bertz CT molecular complexity index is 873. The Labute approximate surface area is 131 Å². The van der Waals surface area contributed by atoms with Crippen molar-refractivity contribution in [3.05, 3.63) is 31.3 Å². The zero-order chi connectivity index (χ0) is 16.0. The Hall–Kier alpha value is -1.89. The van der Waals surface area contributed by atoms with Gasteiger partial charge in [-0.3, -0.25) is 14.3 Å². The fourth-order valence-electron chi connectivity index (χ4n) is 2.58. The molecule has 0 saturated carbocycles. The van der Waals surface area contributed by atoms with E-state index in [-0.39, 0.29) is 23.2 Å². The maximum Gasteiger partial charge on any atom is 0.329 e. The first-order valence-corrected chi connectivity index (χ1v) is 8.17. The summed E-state index contributed by atoms with van der Waals surface area (Å²) in [7, 11) is 0. The molecule has 3 heterocycles. The average molecular weight is 321 g/mol. The van der Waals surface area contributed by atoms with Gasteiger partial charge in [0.05, 0.1) is 16.3 Å². The van der Waals surface area contributed by atoms with Gasteiger partial charge in [0.2, 0.25) is 5.90 Å². The van der Waals surface area contributed by atoms with Crippen LogP contribution in [-0.2, 0) is 11.3 Å². The number of aromatic amines is 1. The molecule has 7 heteroatoms. The molecule has 0 fully saturated rings. The molecule has 6 nitrogen and oxygen atoms in total. The maximum absolute atomic E-state index is 12.7. The van der Waals surface area contributed by atoms with Crippen molar-refractivity contribution in [1.82, 2.24) is 9.55 Å². The molecule has 1 atom stereocenters. The summed E-state index contributed by atoms with van der Waals surface area (Å²) in [6, 6.07) is 0.122. The van der Waals surface area contributed by atoms with Crippen molar-refractivity contribution >= 4 is 27.5 Å². The summed E-state index contributed by atoms with van der Waals surface area (Å²) in [4.78, 5) is 33.5. The van der Waals surface area contributed by atoms with Crippen molar-refractivity contribution in [3.8, 4) is 0 Å². The zero-order valence-electron chi connectivity index (χ0n) is 13.1. The Kier molecular flexibility index (Phi) is 3.68. The topological polar surface area (TPSA) is 76.4 Å². The molecule has 22 heavy (non-hydrogen) atoms. The predicted molar refractivity (Wildman–Crippen MR) is 88.2 cm³/mol. The minimum Gasteiger partial charge on any atom is -0.475 e. The number of ether oxygens (including phenoxy) is 1. The molecule has 2 aromatic rings. The molecule has 1 aliphatic heterocycles. The smallest absolute Gasteiger partial charge is 0.329 e. The molecular formula is C15H19N3O3S. The van der Waals surface area contributed by atoms with Crippen LogP contribution in [0.4, 0.5) is 0 Å². The number of nitrogens with zero attached hydrogens (tertiary/aromatic N) is 2. The van der Waals surface area contributed by atoms with Crippen LogP contribution in [0.15, 0.2) is 14.6 Å². The van der Waals surface area contributed by atoms with Crippen LogP contribution in [0.1, 0.15) is 31.2 Å². The quantitative estimate of drug-likeness (QED) is 0.938. The molecule has 0 bridgehead atoms. The highest BCUT2D eigenvalue weighted by molar-refractivity contribution is 7.20. The van der Waals surface area contributed by atoms with Crippen molar-refractivity contribution in [2.75, 3.05) is 6.61 Å². The van der Waals surface area contributed by atoms with Crippen LogP contribution in [-0.4, -0.2) is 28.1 Å². The van der Waals surface area contributed by atoms with Gasteiger partial charge in [-0.2, -0.15) is 0 Å². The van der Waals surface area contributed by atoms with E-state index in [0.29, 0.717) is 29.3 Å². The van der Waals surface area contributed by atoms with Gasteiger partial charge in [-0.15, -0.1) is 11.3 Å². The van der Waals surface area contributed by atoms with Crippen molar-refractivity contribution in [2.24, 2.45) is 10.9 Å². The Balaban J connectivity index is 2.23. The molecule has 0 aromatic carbocycles. The third-order valence-electron chi connectivity index (χ3n) is 3.61. The van der Waals surface area contributed by atoms with Crippen LogP contribution < -0.4 is 11.2 Å². The van der Waals surface area contributed by atoms with Crippen LogP contribution >= 0.6 is 11.3 Å². The highest BCUT2D eigenvalue weighted by Crippen LogP contribution is 2.28. The van der Waals surface area contributed by atoms with Gasteiger partial charge in [0.15, 0.2) is 0 Å². The number of aromatic nitrogens is 2. The molecule has 1 aliphatic rings. The fourth-order valence-corrected chi connectivity index (χ4v) is 3.72. The third kappa shape index (κ3) is 2.39. The van der Waals surface area contributed by atoms with E-state index in [0.717, 1.165) is 10.4 Å². The lowest BCUT2D eigenvalue weighted by Crippen LogP contribution is -2.36. The monoisotopic (exact) mass is 321 g/mol. The van der Waals surface area contributed by atoms with Gasteiger partial charge in [-0.1, -0.05) is 13.8 Å². The third-order valence-corrected chi connectivity index (χ3v) is 4.81. The van der Waals surface area contributed by atoms with Crippen LogP contribution in [0.25, 0.3) is 10.2 Å². The van der Waals surface area contributed by atoms with E-state index in [1.807, 2.05) is 27.7 Å². The van der Waals surface area contributed by atoms with Gasteiger partial charge in [-0.25, -0.2) is 9.79 Å². The molecular weight excluding hydrogens is 302 g/mol. The number of aryl methyl sites for hydroxylation is 1. The minimum atomic E-state index is -0.360. The summed E-state index contributed by atoms with van der Waals surface area (Å²) in [5.74, 6) is 0.792. The van der Waals surface area contributed by atoms with E-state index in [1.165, 1.54) is 15.9 Å². The van der Waals surface area contributed by atoms with Crippen LogP contribution in [0, 0.1) is 12.8 Å². The lowest BCUT2D eigenvalue weighted by molar-refractivity contribution is 0.324. The minimum absolute atomic E-state index is 0.122. The van der Waals surface area contributed by atoms with Gasteiger partial charge >= 0.3 is 5.69 Å². The summed E-state index contributed by atoms with van der Waals surface area (Å²) in [5, 5.41) is 0.561. The summed E-state index contributed by atoms with van der Waals surface area (Å²) in [5.41, 5.74) is 0.229. The largest absolute Gasteiger partial charge is 0.475 e. The number of nitrogens with one attached hydrogen (secondary N) is 1. The molecule has 0 amide bonds. The molecule has 3 rings (SSSR count). The number of H-pyrrole nitrogens is 1. The summed E-state index contributed by atoms with van der Waals surface area (Å²) in [6.45, 7) is 8.77. The molecule has 0 aliphatic carbocycles. The first-order valence-electron chi connectivity index (χ1n) is 7.35. The van der Waals surface area contributed by atoms with Crippen molar-refractivity contribution < 1.29 is 4.74 Å². The normalized spacial score (nSPS) is 18.0. The second kappa shape index (κ2) is 5.39. The van der Waals surface area contributed by atoms with E-state index in [9.17, 15) is 9.59 Å². The maximum atomic E-state index is 12.7. The summed E-state index contributed by atoms with van der Waals surface area (Å²) >= 11 is 1.35. The average Bonchev–Trinajstić information content (AvgIpc) is 2.98. The van der Waals surface area contributed by atoms with Gasteiger partial charge in [-0.05, 0) is 25.3 Å². The highest BCUT2D eigenvalue weighted by atomic mass is 32.1. The second-order valence-corrected chi connectivity index (χ2v) is 7.11. The van der Waals surface area contributed by atoms with Crippen molar-refractivity contribution in [2.45, 2.75) is 40.3 Å². The second-order valence-electron chi connectivity index (χ2n) is 6.09. The number of hydrogen-bond acceptors (Lipinski definition) is 5. The molecule has 1 N–H and O–H groups in total. The number of fused-ring (bicyclic) bond motifs is 1. The van der Waals surface area contributed by atoms with Gasteiger partial charge < -0.3 is 4.74 Å². The highest BCUT2D eigenvalue weighted by Gasteiger charge is 2.23. The van der Waals surface area contributed by atoms with Crippen LogP contribution in [0.3, 0.4) is 0 Å². The number of thiophene rings is 1. The Morgan fingerprint density at radius 2 is 2.18 bits per heavy atom. The zero-order valence-corrected chi connectivity index (χ0v) is 13.9. The summed E-state index contributed by atoms with van der Waals surface area (Å²) < 4.78 is 6.86. The number of hydrogen-bond donors (Lipinski definition) is 1. The number of aliphatic imine (C=N–C) groups is 1. The van der Waals surface area contributed by atoms with Crippen LogP contribution in [0.5, 0.6) is 0 Å². The van der Waals surface area contributed by atoms with Gasteiger partial charge in [0.25, 0.3) is 5.56 Å². The molecule has 0 radical (unpaired) electrons. The van der Waals surface area contributed by atoms with Crippen LogP contribution in [0.2, 0.25) is 0 Å². The van der Waals surface area contributed by atoms with E-state index in [2.05, 4.69) is 9.98 Å². The first kappa shape index (κ1) is 15.0. The molecule has 0 unspecified atom stereocenters. The van der Waals surface area contributed by atoms with E-state index < -0.39 is 0 Å². The first-order chi connectivity index (χ1) is 10.4. The van der Waals surface area contributed by atoms with E-state index in [4.69, 9.17) is 4.74 Å². The lowest BCUT2D eigenvalue weighted by atomic mass is 10.2. The standard InChI is InChI=1S/C15H19N3O3S/c1-7(2)5-18-14(19)10-9(4)11(12-16-8(3)6-21-12)22-13(10)17-15(18)20/h7-8H,5-6H2,1-4H3,(H,17,20)/t8-/m0/s1. The Morgan fingerprint density at radius 1 is 1.45 bits per heavy atom. The van der Waals surface area contributed by atoms with Gasteiger partial charge in [0, 0.05) is 6.54 Å². The predicted octanol–water partition coefficient (Wildman–Crippen LogP) is 1.88. The number of rotatable bonds is 3. The fraction of sp³-hybridized carbons (Fsp3) is 0.533.